The third kappa shape index (κ3) is 3.45. The van der Waals surface area contributed by atoms with Gasteiger partial charge in [-0.3, -0.25) is 0 Å². The zero-order valence-electron chi connectivity index (χ0n) is 11.8. The first-order valence-electron chi connectivity index (χ1n) is 6.95. The van der Waals surface area contributed by atoms with Crippen LogP contribution in [-0.2, 0) is 6.18 Å². The molecular weight excluding hydrogens is 265 g/mol. The lowest BCUT2D eigenvalue weighted by Crippen LogP contribution is -2.48. The summed E-state index contributed by atoms with van der Waals surface area (Å²) in [6.45, 7) is 5.88. The van der Waals surface area contributed by atoms with Crippen LogP contribution in [0.15, 0.2) is 24.3 Å². The smallest absolute Gasteiger partial charge is 0.370 e. The number of rotatable bonds is 2. The number of halogens is 3. The van der Waals surface area contributed by atoms with Crippen LogP contribution in [0.1, 0.15) is 25.8 Å². The van der Waals surface area contributed by atoms with E-state index in [2.05, 4.69) is 18.7 Å². The molecule has 1 saturated heterocycles. The van der Waals surface area contributed by atoms with Crippen LogP contribution in [0, 0.1) is 11.8 Å². The fourth-order valence-electron chi connectivity index (χ4n) is 2.73. The maximum Gasteiger partial charge on any atom is 0.416 e. The van der Waals surface area contributed by atoms with E-state index in [0.717, 1.165) is 30.8 Å². The van der Waals surface area contributed by atoms with E-state index in [-0.39, 0.29) is 6.04 Å². The average Bonchev–Trinajstić information content (AvgIpc) is 2.37. The summed E-state index contributed by atoms with van der Waals surface area (Å²) in [6.07, 6.45) is -3.30. The van der Waals surface area contributed by atoms with Crippen LogP contribution in [0.2, 0.25) is 0 Å². The maximum atomic E-state index is 12.6. The molecule has 0 aromatic heterocycles. The molecule has 1 aromatic rings. The average molecular weight is 286 g/mol. The molecule has 2 N–H and O–H groups in total. The fraction of sp³-hybridized carbons (Fsp3) is 0.600. The first-order valence-corrected chi connectivity index (χ1v) is 6.95. The summed E-state index contributed by atoms with van der Waals surface area (Å²) in [5, 5.41) is 0. The Kier molecular flexibility index (Phi) is 4.28. The number of nitrogens with zero attached hydrogens (tertiary/aromatic N) is 1. The first kappa shape index (κ1) is 15.2. The molecule has 0 radical (unpaired) electrons. The normalized spacial score (nSPS) is 24.2. The van der Waals surface area contributed by atoms with E-state index in [4.69, 9.17) is 5.73 Å². The highest BCUT2D eigenvalue weighted by Gasteiger charge is 2.31. The molecule has 1 aliphatic rings. The Morgan fingerprint density at radius 2 is 1.75 bits per heavy atom. The van der Waals surface area contributed by atoms with Crippen molar-refractivity contribution in [3.05, 3.63) is 29.8 Å². The Balaban J connectivity index is 2.14. The Hall–Kier alpha value is -1.23. The van der Waals surface area contributed by atoms with Crippen molar-refractivity contribution in [3.8, 4) is 0 Å². The van der Waals surface area contributed by atoms with Crippen molar-refractivity contribution in [3.63, 3.8) is 0 Å². The lowest BCUT2D eigenvalue weighted by Gasteiger charge is -2.39. The molecule has 1 aliphatic heterocycles. The summed E-state index contributed by atoms with van der Waals surface area (Å²) in [6, 6.07) is 5.44. The van der Waals surface area contributed by atoms with Gasteiger partial charge in [0, 0.05) is 24.8 Å². The highest BCUT2D eigenvalue weighted by atomic mass is 19.4. The molecule has 112 valence electrons. The van der Waals surface area contributed by atoms with Crippen molar-refractivity contribution in [2.75, 3.05) is 18.0 Å². The molecule has 1 heterocycles. The van der Waals surface area contributed by atoms with Gasteiger partial charge in [-0.05, 0) is 42.5 Å². The summed E-state index contributed by atoms with van der Waals surface area (Å²) in [7, 11) is 0. The monoisotopic (exact) mass is 286 g/mol. The van der Waals surface area contributed by atoms with E-state index in [1.54, 1.807) is 0 Å². The molecule has 0 saturated carbocycles. The third-order valence-corrected chi connectivity index (χ3v) is 4.02. The highest BCUT2D eigenvalue weighted by molar-refractivity contribution is 5.48. The van der Waals surface area contributed by atoms with Gasteiger partial charge in [0.15, 0.2) is 0 Å². The number of hydrogen-bond acceptors (Lipinski definition) is 2. The number of benzene rings is 1. The molecule has 2 atom stereocenters. The minimum Gasteiger partial charge on any atom is -0.370 e. The van der Waals surface area contributed by atoms with E-state index in [1.807, 2.05) is 0 Å². The van der Waals surface area contributed by atoms with Crippen molar-refractivity contribution < 1.29 is 13.2 Å². The van der Waals surface area contributed by atoms with Gasteiger partial charge in [0.2, 0.25) is 0 Å². The number of hydrogen-bond donors (Lipinski definition) is 1. The SMILES string of the molecule is CC(C)C1CC(N)CN(c2ccc(C(F)(F)F)cc2)C1. The lowest BCUT2D eigenvalue weighted by molar-refractivity contribution is -0.137. The first-order chi connectivity index (χ1) is 9.27. The predicted molar refractivity (Wildman–Crippen MR) is 74.6 cm³/mol. The Morgan fingerprint density at radius 1 is 1.15 bits per heavy atom. The second kappa shape index (κ2) is 5.64. The van der Waals surface area contributed by atoms with Gasteiger partial charge in [0.1, 0.15) is 0 Å². The van der Waals surface area contributed by atoms with E-state index in [9.17, 15) is 13.2 Å². The van der Waals surface area contributed by atoms with Crippen molar-refractivity contribution in [1.82, 2.24) is 0 Å². The van der Waals surface area contributed by atoms with Crippen molar-refractivity contribution in [2.45, 2.75) is 32.5 Å². The fourth-order valence-corrected chi connectivity index (χ4v) is 2.73. The number of anilines is 1. The number of nitrogens with two attached hydrogens (primary N) is 1. The lowest BCUT2D eigenvalue weighted by atomic mass is 9.85. The highest BCUT2D eigenvalue weighted by Crippen LogP contribution is 2.32. The standard InChI is InChI=1S/C15H21F3N2/c1-10(2)11-7-13(19)9-20(8-11)14-5-3-12(4-6-14)15(16,17)18/h3-6,10-11,13H,7-9,19H2,1-2H3. The topological polar surface area (TPSA) is 29.3 Å². The minimum atomic E-state index is -4.28. The van der Waals surface area contributed by atoms with Crippen molar-refractivity contribution in [2.24, 2.45) is 17.6 Å². The molecule has 20 heavy (non-hydrogen) atoms. The summed E-state index contributed by atoms with van der Waals surface area (Å²) in [5.41, 5.74) is 6.28. The van der Waals surface area contributed by atoms with Crippen molar-refractivity contribution in [1.29, 1.82) is 0 Å². The molecule has 1 fully saturated rings. The molecular formula is C15H21F3N2. The third-order valence-electron chi connectivity index (χ3n) is 4.02. The molecule has 0 amide bonds. The summed E-state index contributed by atoms with van der Waals surface area (Å²) in [4.78, 5) is 2.10. The van der Waals surface area contributed by atoms with Crippen LogP contribution < -0.4 is 10.6 Å². The zero-order valence-corrected chi connectivity index (χ0v) is 11.8. The number of piperidine rings is 1. The van der Waals surface area contributed by atoms with Gasteiger partial charge in [0.25, 0.3) is 0 Å². The molecule has 0 bridgehead atoms. The van der Waals surface area contributed by atoms with Crippen LogP contribution >= 0.6 is 0 Å². The molecule has 1 aromatic carbocycles. The van der Waals surface area contributed by atoms with E-state index in [0.29, 0.717) is 18.4 Å². The van der Waals surface area contributed by atoms with E-state index >= 15 is 0 Å². The molecule has 2 rings (SSSR count). The van der Waals surface area contributed by atoms with Crippen LogP contribution in [0.4, 0.5) is 18.9 Å². The minimum absolute atomic E-state index is 0.0819. The number of alkyl halides is 3. The van der Waals surface area contributed by atoms with E-state index in [1.165, 1.54) is 12.1 Å². The molecule has 0 aliphatic carbocycles. The van der Waals surface area contributed by atoms with Crippen LogP contribution in [-0.4, -0.2) is 19.1 Å². The van der Waals surface area contributed by atoms with Crippen LogP contribution in [0.25, 0.3) is 0 Å². The Labute approximate surface area is 117 Å². The summed E-state index contributed by atoms with van der Waals surface area (Å²) < 4.78 is 37.7. The zero-order chi connectivity index (χ0) is 14.9. The van der Waals surface area contributed by atoms with E-state index < -0.39 is 11.7 Å². The second-order valence-electron chi connectivity index (χ2n) is 5.95. The summed E-state index contributed by atoms with van der Waals surface area (Å²) in [5.74, 6) is 1.01. The quantitative estimate of drug-likeness (QED) is 0.901. The largest absolute Gasteiger partial charge is 0.416 e. The molecule has 0 spiro atoms. The second-order valence-corrected chi connectivity index (χ2v) is 5.95. The molecule has 2 nitrogen and oxygen atoms in total. The molecule has 5 heteroatoms. The van der Waals surface area contributed by atoms with Gasteiger partial charge in [-0.15, -0.1) is 0 Å². The van der Waals surface area contributed by atoms with Gasteiger partial charge in [-0.2, -0.15) is 13.2 Å². The Morgan fingerprint density at radius 3 is 2.25 bits per heavy atom. The van der Waals surface area contributed by atoms with Gasteiger partial charge >= 0.3 is 6.18 Å². The van der Waals surface area contributed by atoms with Crippen molar-refractivity contribution >= 4 is 5.69 Å². The molecule has 2 unspecified atom stereocenters. The summed E-state index contributed by atoms with van der Waals surface area (Å²) >= 11 is 0. The predicted octanol–water partition coefficient (Wildman–Crippen LogP) is 3.52. The van der Waals surface area contributed by atoms with Crippen LogP contribution in [0.3, 0.4) is 0 Å². The van der Waals surface area contributed by atoms with Gasteiger partial charge in [-0.1, -0.05) is 13.8 Å². The van der Waals surface area contributed by atoms with Gasteiger partial charge in [0.05, 0.1) is 5.56 Å². The van der Waals surface area contributed by atoms with Gasteiger partial charge < -0.3 is 10.6 Å². The van der Waals surface area contributed by atoms with Crippen LogP contribution in [0.5, 0.6) is 0 Å². The maximum absolute atomic E-state index is 12.6. The Bertz CT molecular complexity index is 439. The van der Waals surface area contributed by atoms with Gasteiger partial charge in [-0.25, -0.2) is 0 Å².